The Labute approximate surface area is 124 Å². The summed E-state index contributed by atoms with van der Waals surface area (Å²) in [7, 11) is 0. The van der Waals surface area contributed by atoms with Gasteiger partial charge in [0.05, 0.1) is 5.69 Å². The van der Waals surface area contributed by atoms with Gasteiger partial charge in [-0.1, -0.05) is 51.1 Å². The van der Waals surface area contributed by atoms with E-state index in [-0.39, 0.29) is 5.41 Å². The van der Waals surface area contributed by atoms with E-state index in [1.165, 1.54) is 27.5 Å². The van der Waals surface area contributed by atoms with E-state index in [9.17, 15) is 0 Å². The third kappa shape index (κ3) is 2.02. The number of hydrogen-bond acceptors (Lipinski definition) is 2. The molecule has 104 valence electrons. The van der Waals surface area contributed by atoms with E-state index in [0.29, 0.717) is 0 Å². The predicted octanol–water partition coefficient (Wildman–Crippen LogP) is 4.50. The number of aromatic nitrogens is 2. The summed E-state index contributed by atoms with van der Waals surface area (Å²) in [5.74, 6) is 0.897. The maximum absolute atomic E-state index is 4.82. The summed E-state index contributed by atoms with van der Waals surface area (Å²) in [6.45, 7) is 6.45. The van der Waals surface area contributed by atoms with Crippen LogP contribution >= 0.6 is 0 Å². The zero-order valence-corrected chi connectivity index (χ0v) is 12.6. The summed E-state index contributed by atoms with van der Waals surface area (Å²) in [4.78, 5) is 9.26. The van der Waals surface area contributed by atoms with E-state index in [1.54, 1.807) is 0 Å². The molecular weight excluding hydrogens is 256 g/mol. The van der Waals surface area contributed by atoms with Gasteiger partial charge >= 0.3 is 0 Å². The second-order valence-electron chi connectivity index (χ2n) is 6.80. The molecule has 1 aliphatic rings. The Morgan fingerprint density at radius 3 is 2.67 bits per heavy atom. The first-order chi connectivity index (χ1) is 10.0. The molecular formula is C19H18N2. The van der Waals surface area contributed by atoms with Crippen LogP contribution in [0.1, 0.15) is 37.7 Å². The fraction of sp³-hybridized carbons (Fsp3) is 0.263. The highest BCUT2D eigenvalue weighted by atomic mass is 14.9. The number of fused-ring (bicyclic) bond motifs is 3. The number of hydrogen-bond donors (Lipinski definition) is 0. The molecule has 4 rings (SSSR count). The molecule has 0 spiro atoms. The van der Waals surface area contributed by atoms with Crippen LogP contribution in [-0.2, 0) is 11.8 Å². The average Bonchev–Trinajstić information content (AvgIpc) is 3.25. The normalized spacial score (nSPS) is 13.3. The quantitative estimate of drug-likeness (QED) is 0.511. The summed E-state index contributed by atoms with van der Waals surface area (Å²) >= 11 is 0. The predicted molar refractivity (Wildman–Crippen MR) is 86.5 cm³/mol. The molecule has 0 fully saturated rings. The molecule has 0 radical (unpaired) electrons. The largest absolute Gasteiger partial charge is 0.241 e. The lowest BCUT2D eigenvalue weighted by Crippen LogP contribution is -2.15. The molecule has 0 aliphatic heterocycles. The third-order valence-electron chi connectivity index (χ3n) is 4.09. The lowest BCUT2D eigenvalue weighted by atomic mass is 9.95. The Morgan fingerprint density at radius 2 is 1.86 bits per heavy atom. The Kier molecular flexibility index (Phi) is 2.47. The lowest BCUT2D eigenvalue weighted by molar-refractivity contribution is 0.546. The van der Waals surface area contributed by atoms with Gasteiger partial charge in [0.2, 0.25) is 0 Å². The molecule has 0 amide bonds. The van der Waals surface area contributed by atoms with Crippen molar-refractivity contribution in [1.29, 1.82) is 0 Å². The SMILES string of the molecule is CC(C)(C)c1nccc(-c2cccc3ccc4c(c23)C4)n1. The smallest absolute Gasteiger partial charge is 0.134 e. The van der Waals surface area contributed by atoms with Crippen molar-refractivity contribution in [2.75, 3.05) is 0 Å². The van der Waals surface area contributed by atoms with Crippen LogP contribution in [0.25, 0.3) is 22.0 Å². The van der Waals surface area contributed by atoms with Crippen molar-refractivity contribution in [3.05, 3.63) is 59.5 Å². The molecule has 0 atom stereocenters. The minimum Gasteiger partial charge on any atom is -0.241 e. The monoisotopic (exact) mass is 274 g/mol. The average molecular weight is 274 g/mol. The van der Waals surface area contributed by atoms with Crippen LogP contribution in [-0.4, -0.2) is 9.97 Å². The topological polar surface area (TPSA) is 25.8 Å². The van der Waals surface area contributed by atoms with Crippen molar-refractivity contribution >= 4 is 10.8 Å². The van der Waals surface area contributed by atoms with Crippen molar-refractivity contribution < 1.29 is 0 Å². The highest BCUT2D eigenvalue weighted by molar-refractivity contribution is 6.01. The second kappa shape index (κ2) is 4.14. The lowest BCUT2D eigenvalue weighted by Gasteiger charge is -2.17. The molecule has 0 bridgehead atoms. The number of nitrogens with zero attached hydrogens (tertiary/aromatic N) is 2. The van der Waals surface area contributed by atoms with Crippen molar-refractivity contribution in [1.82, 2.24) is 9.97 Å². The molecule has 1 heterocycles. The standard InChI is InChI=1S/C19H18N2/c1-19(2,3)18-20-10-9-16(21-18)14-6-4-5-12-7-8-13-11-15(13)17(12)14/h4-10H,11H2,1-3H3. The highest BCUT2D eigenvalue weighted by Crippen LogP contribution is 2.40. The van der Waals surface area contributed by atoms with Crippen molar-refractivity contribution in [2.45, 2.75) is 32.6 Å². The molecule has 0 N–H and O–H groups in total. The van der Waals surface area contributed by atoms with Gasteiger partial charge in [-0.05, 0) is 34.4 Å². The van der Waals surface area contributed by atoms with Crippen molar-refractivity contribution in [3.63, 3.8) is 0 Å². The summed E-state index contributed by atoms with van der Waals surface area (Å²) < 4.78 is 0. The van der Waals surface area contributed by atoms with Crippen LogP contribution in [0.4, 0.5) is 0 Å². The molecule has 2 aromatic carbocycles. The van der Waals surface area contributed by atoms with Crippen molar-refractivity contribution in [3.8, 4) is 11.3 Å². The van der Waals surface area contributed by atoms with Gasteiger partial charge in [-0.3, -0.25) is 0 Å². The molecule has 1 aliphatic carbocycles. The van der Waals surface area contributed by atoms with Gasteiger partial charge in [0.15, 0.2) is 0 Å². The Balaban J connectivity index is 1.96. The van der Waals surface area contributed by atoms with Gasteiger partial charge < -0.3 is 0 Å². The first-order valence-corrected chi connectivity index (χ1v) is 7.41. The Hall–Kier alpha value is -2.22. The van der Waals surface area contributed by atoms with E-state index >= 15 is 0 Å². The van der Waals surface area contributed by atoms with Crippen LogP contribution in [0.3, 0.4) is 0 Å². The van der Waals surface area contributed by atoms with Crippen molar-refractivity contribution in [2.24, 2.45) is 0 Å². The van der Waals surface area contributed by atoms with Gasteiger partial charge in [-0.15, -0.1) is 0 Å². The Morgan fingerprint density at radius 1 is 1.00 bits per heavy atom. The van der Waals surface area contributed by atoms with Gasteiger partial charge in [0, 0.05) is 17.2 Å². The van der Waals surface area contributed by atoms with Gasteiger partial charge in [-0.2, -0.15) is 0 Å². The van der Waals surface area contributed by atoms with E-state index in [0.717, 1.165) is 17.9 Å². The maximum Gasteiger partial charge on any atom is 0.134 e. The van der Waals surface area contributed by atoms with Gasteiger partial charge in [-0.25, -0.2) is 9.97 Å². The molecule has 0 saturated carbocycles. The van der Waals surface area contributed by atoms with Gasteiger partial charge in [0.25, 0.3) is 0 Å². The molecule has 2 nitrogen and oxygen atoms in total. The van der Waals surface area contributed by atoms with E-state index in [4.69, 9.17) is 4.98 Å². The highest BCUT2D eigenvalue weighted by Gasteiger charge is 2.23. The third-order valence-corrected chi connectivity index (χ3v) is 4.09. The zero-order chi connectivity index (χ0) is 14.6. The van der Waals surface area contributed by atoms with Crippen LogP contribution in [0, 0.1) is 0 Å². The second-order valence-corrected chi connectivity index (χ2v) is 6.80. The summed E-state index contributed by atoms with van der Waals surface area (Å²) in [5, 5.41) is 2.67. The van der Waals surface area contributed by atoms with Crippen LogP contribution < -0.4 is 0 Å². The molecule has 3 aromatic rings. The Bertz CT molecular complexity index is 857. The number of benzene rings is 2. The van der Waals surface area contributed by atoms with Crippen LogP contribution in [0.5, 0.6) is 0 Å². The minimum absolute atomic E-state index is 0.0330. The minimum atomic E-state index is -0.0330. The fourth-order valence-electron chi connectivity index (χ4n) is 2.87. The first kappa shape index (κ1) is 12.5. The maximum atomic E-state index is 4.82. The van der Waals surface area contributed by atoms with E-state index in [1.807, 2.05) is 12.3 Å². The molecule has 2 heteroatoms. The first-order valence-electron chi connectivity index (χ1n) is 7.41. The van der Waals surface area contributed by atoms with Crippen LogP contribution in [0.15, 0.2) is 42.6 Å². The van der Waals surface area contributed by atoms with Crippen LogP contribution in [0.2, 0.25) is 0 Å². The zero-order valence-electron chi connectivity index (χ0n) is 12.6. The molecule has 0 saturated heterocycles. The molecule has 1 aromatic heterocycles. The van der Waals surface area contributed by atoms with E-state index < -0.39 is 0 Å². The molecule has 0 unspecified atom stereocenters. The number of rotatable bonds is 1. The summed E-state index contributed by atoms with van der Waals surface area (Å²) in [6.07, 6.45) is 3.00. The fourth-order valence-corrected chi connectivity index (χ4v) is 2.87. The summed E-state index contributed by atoms with van der Waals surface area (Å²) in [5.41, 5.74) is 5.18. The van der Waals surface area contributed by atoms with Gasteiger partial charge in [0.1, 0.15) is 5.82 Å². The summed E-state index contributed by atoms with van der Waals surface area (Å²) in [6, 6.07) is 13.0. The van der Waals surface area contributed by atoms with E-state index in [2.05, 4.69) is 56.1 Å². The molecule has 21 heavy (non-hydrogen) atoms.